The van der Waals surface area contributed by atoms with Gasteiger partial charge in [0.2, 0.25) is 11.8 Å². The van der Waals surface area contributed by atoms with Gasteiger partial charge in [-0.25, -0.2) is 0 Å². The topological polar surface area (TPSA) is 153 Å². The Morgan fingerprint density at radius 3 is 2.42 bits per heavy atom. The first-order valence-electron chi connectivity index (χ1n) is 15.7. The molecule has 13 heteroatoms. The summed E-state index contributed by atoms with van der Waals surface area (Å²) in [4.78, 5) is 53.0. The number of fused-ring (bicyclic) bond motifs is 2. The minimum atomic E-state index is -1.04. The van der Waals surface area contributed by atoms with E-state index in [2.05, 4.69) is 21.3 Å². The van der Waals surface area contributed by atoms with E-state index < -0.39 is 29.8 Å². The number of hydrogen-bond donors (Lipinski definition) is 4. The third-order valence-electron chi connectivity index (χ3n) is 7.54. The molecule has 4 rings (SSSR count). The lowest BCUT2D eigenvalue weighted by Crippen LogP contribution is -2.48. The smallest absolute Gasteiger partial charge is 0.255 e. The van der Waals surface area contributed by atoms with Gasteiger partial charge in [0.1, 0.15) is 48.9 Å². The molecular formula is C35H41ClN4O8. The zero-order valence-electron chi connectivity index (χ0n) is 27.2. The van der Waals surface area contributed by atoms with Gasteiger partial charge in [-0.15, -0.1) is 0 Å². The van der Waals surface area contributed by atoms with E-state index in [0.717, 1.165) is 0 Å². The van der Waals surface area contributed by atoms with Crippen molar-refractivity contribution >= 4 is 35.2 Å². The Morgan fingerprint density at radius 1 is 0.938 bits per heavy atom. The van der Waals surface area contributed by atoms with Gasteiger partial charge in [-0.2, -0.15) is 0 Å². The number of amides is 4. The Hall–Kier alpha value is -4.97. The summed E-state index contributed by atoms with van der Waals surface area (Å²) in [5.41, 5.74) is 0.425. The zero-order valence-corrected chi connectivity index (χ0v) is 27.9. The summed E-state index contributed by atoms with van der Waals surface area (Å²) in [6, 6.07) is 16.9. The van der Waals surface area contributed by atoms with Crippen LogP contribution < -0.4 is 40.2 Å². The number of hydrogen-bond acceptors (Lipinski definition) is 8. The highest BCUT2D eigenvalue weighted by atomic mass is 35.5. The highest BCUT2D eigenvalue weighted by Gasteiger charge is 2.26. The van der Waals surface area contributed by atoms with Gasteiger partial charge in [-0.1, -0.05) is 37.6 Å². The fourth-order valence-electron chi connectivity index (χ4n) is 4.78. The molecule has 0 fully saturated rings. The van der Waals surface area contributed by atoms with Crippen molar-refractivity contribution in [3.63, 3.8) is 0 Å². The van der Waals surface area contributed by atoms with Crippen molar-refractivity contribution in [1.29, 1.82) is 0 Å². The molecule has 48 heavy (non-hydrogen) atoms. The monoisotopic (exact) mass is 680 g/mol. The summed E-state index contributed by atoms with van der Waals surface area (Å²) in [5, 5.41) is 11.7. The minimum absolute atomic E-state index is 0.0224. The molecule has 12 nitrogen and oxygen atoms in total. The van der Waals surface area contributed by atoms with Crippen LogP contribution in [0, 0.1) is 5.92 Å². The van der Waals surface area contributed by atoms with Crippen LogP contribution in [-0.2, 0) is 9.59 Å². The molecule has 0 saturated carbocycles. The first kappa shape index (κ1) is 35.9. The van der Waals surface area contributed by atoms with Crippen molar-refractivity contribution in [2.75, 3.05) is 40.0 Å². The second kappa shape index (κ2) is 17.8. The fourth-order valence-corrected chi connectivity index (χ4v) is 4.96. The molecular weight excluding hydrogens is 640 g/mol. The Labute approximate surface area is 284 Å². The highest BCUT2D eigenvalue weighted by Crippen LogP contribution is 2.24. The van der Waals surface area contributed by atoms with Gasteiger partial charge < -0.3 is 40.2 Å². The molecule has 3 aromatic rings. The number of carbonyl (C=O) groups excluding carboxylic acids is 4. The average molecular weight is 681 g/mol. The molecule has 0 spiro atoms. The molecule has 256 valence electrons. The average Bonchev–Trinajstić information content (AvgIpc) is 3.08. The van der Waals surface area contributed by atoms with Gasteiger partial charge in [0.05, 0.1) is 37.4 Å². The van der Waals surface area contributed by atoms with Crippen molar-refractivity contribution in [3.8, 4) is 23.0 Å². The van der Waals surface area contributed by atoms with E-state index in [9.17, 15) is 19.2 Å². The SMILES string of the molecule is COc1ccc(OCCNC(=O)[C@@H]2CCC(=O)N[C@H](C(C)C)COc3ccc(Cl)cc3C(=O)NCCOc3ccccc3C(=O)N2)cc1. The lowest BCUT2D eigenvalue weighted by atomic mass is 10.0. The van der Waals surface area contributed by atoms with E-state index in [1.165, 1.54) is 6.07 Å². The van der Waals surface area contributed by atoms with Crippen LogP contribution in [-0.4, -0.2) is 75.7 Å². The number of nitrogens with one attached hydrogen (secondary N) is 4. The lowest BCUT2D eigenvalue weighted by molar-refractivity contribution is -0.124. The number of carbonyl (C=O) groups is 4. The summed E-state index contributed by atoms with van der Waals surface area (Å²) in [6.45, 7) is 4.46. The third-order valence-corrected chi connectivity index (χ3v) is 7.78. The molecule has 0 aliphatic carbocycles. The Morgan fingerprint density at radius 2 is 1.67 bits per heavy atom. The molecule has 1 heterocycles. The molecule has 1 aliphatic heterocycles. The maximum atomic E-state index is 13.5. The number of ether oxygens (including phenoxy) is 4. The maximum absolute atomic E-state index is 13.5. The van der Waals surface area contributed by atoms with E-state index >= 15 is 0 Å². The number of halogens is 1. The summed E-state index contributed by atoms with van der Waals surface area (Å²) in [6.07, 6.45) is -0.0339. The zero-order chi connectivity index (χ0) is 34.5. The van der Waals surface area contributed by atoms with Gasteiger partial charge >= 0.3 is 0 Å². The second-order valence-electron chi connectivity index (χ2n) is 11.3. The molecule has 4 N–H and O–H groups in total. The molecule has 0 radical (unpaired) electrons. The number of para-hydroxylation sites is 1. The molecule has 2 atom stereocenters. The van der Waals surface area contributed by atoms with Crippen LogP contribution in [0.25, 0.3) is 0 Å². The summed E-state index contributed by atoms with van der Waals surface area (Å²) < 4.78 is 22.7. The molecule has 4 amide bonds. The third kappa shape index (κ3) is 10.5. The predicted octanol–water partition coefficient (Wildman–Crippen LogP) is 3.76. The highest BCUT2D eigenvalue weighted by molar-refractivity contribution is 6.31. The summed E-state index contributed by atoms with van der Waals surface area (Å²) >= 11 is 6.18. The first-order chi connectivity index (χ1) is 23.1. The van der Waals surface area contributed by atoms with E-state index in [0.29, 0.717) is 22.3 Å². The number of rotatable bonds is 7. The fraction of sp³-hybridized carbons (Fsp3) is 0.371. The summed E-state index contributed by atoms with van der Waals surface area (Å²) in [7, 11) is 1.57. The Bertz CT molecular complexity index is 1570. The van der Waals surface area contributed by atoms with Crippen LogP contribution in [0.1, 0.15) is 47.4 Å². The lowest BCUT2D eigenvalue weighted by Gasteiger charge is -2.24. The van der Waals surface area contributed by atoms with Crippen LogP contribution >= 0.6 is 11.6 Å². The molecule has 0 bridgehead atoms. The van der Waals surface area contributed by atoms with Crippen molar-refractivity contribution in [2.45, 2.75) is 38.8 Å². The standard InChI is InChI=1S/C35H41ClN4O8/c1-22(2)29-21-48-31-14-8-23(36)20-27(31)33(42)37-17-19-47-30-7-5-4-6-26(30)34(43)40-28(13-15-32(41)39-29)35(44)38-16-18-46-25-11-9-24(45-3)10-12-25/h4-12,14,20,22,28-29H,13,15-19,21H2,1-3H3,(H,37,42)(H,38,44)(H,39,41)(H,40,43)/t28-,29-/m0/s1. The molecule has 1 aliphatic rings. The van der Waals surface area contributed by atoms with Crippen LogP contribution in [0.4, 0.5) is 0 Å². The van der Waals surface area contributed by atoms with Gasteiger partial charge in [0, 0.05) is 11.4 Å². The molecule has 0 aromatic heterocycles. The van der Waals surface area contributed by atoms with E-state index in [1.54, 1.807) is 67.8 Å². The maximum Gasteiger partial charge on any atom is 0.255 e. The summed E-state index contributed by atoms with van der Waals surface area (Å²) in [5.74, 6) is 0.0667. The molecule has 0 unspecified atom stereocenters. The van der Waals surface area contributed by atoms with Crippen molar-refractivity contribution in [1.82, 2.24) is 21.3 Å². The van der Waals surface area contributed by atoms with E-state index in [1.807, 2.05) is 13.8 Å². The predicted molar refractivity (Wildman–Crippen MR) is 180 cm³/mol. The molecule has 0 saturated heterocycles. The van der Waals surface area contributed by atoms with Gasteiger partial charge in [0.15, 0.2) is 0 Å². The van der Waals surface area contributed by atoms with Crippen LogP contribution in [0.15, 0.2) is 66.7 Å². The largest absolute Gasteiger partial charge is 0.497 e. The van der Waals surface area contributed by atoms with Crippen LogP contribution in [0.5, 0.6) is 23.0 Å². The van der Waals surface area contributed by atoms with Crippen LogP contribution in [0.2, 0.25) is 5.02 Å². The van der Waals surface area contributed by atoms with Gasteiger partial charge in [-0.3, -0.25) is 19.2 Å². The van der Waals surface area contributed by atoms with Crippen molar-refractivity contribution < 1.29 is 38.1 Å². The van der Waals surface area contributed by atoms with Crippen molar-refractivity contribution in [3.05, 3.63) is 82.9 Å². The van der Waals surface area contributed by atoms with E-state index in [-0.39, 0.29) is 74.5 Å². The first-order valence-corrected chi connectivity index (χ1v) is 16.1. The van der Waals surface area contributed by atoms with E-state index in [4.69, 9.17) is 30.5 Å². The minimum Gasteiger partial charge on any atom is -0.497 e. The van der Waals surface area contributed by atoms with Gasteiger partial charge in [-0.05, 0) is 66.9 Å². The normalized spacial score (nSPS) is 17.7. The quantitative estimate of drug-likeness (QED) is 0.275. The van der Waals surface area contributed by atoms with Crippen molar-refractivity contribution in [2.24, 2.45) is 5.92 Å². The Balaban J connectivity index is 1.50. The van der Waals surface area contributed by atoms with Gasteiger partial charge in [0.25, 0.3) is 11.8 Å². The Kier molecular flexibility index (Phi) is 13.3. The molecule has 3 aromatic carbocycles. The number of methoxy groups -OCH3 is 1. The van der Waals surface area contributed by atoms with Crippen LogP contribution in [0.3, 0.4) is 0 Å². The number of benzene rings is 3. The second-order valence-corrected chi connectivity index (χ2v) is 11.8.